The number of benzene rings is 2. The number of pyridine rings is 2. The van der Waals surface area contributed by atoms with Gasteiger partial charge in [0.1, 0.15) is 17.4 Å². The van der Waals surface area contributed by atoms with Gasteiger partial charge in [-0.05, 0) is 68.4 Å². The molecule has 5 fully saturated rings. The normalized spacial score (nSPS) is 23.6. The molecule has 1 amide bonds. The number of rotatable bonds is 9. The third-order valence-corrected chi connectivity index (χ3v) is 12.3. The highest BCUT2D eigenvalue weighted by molar-refractivity contribution is 6.43. The molecule has 5 unspecified atom stereocenters. The summed E-state index contributed by atoms with van der Waals surface area (Å²) in [5.74, 6) is 1.22. The summed E-state index contributed by atoms with van der Waals surface area (Å²) in [6, 6.07) is 15.3. The number of nitriles is 1. The second-order valence-corrected chi connectivity index (χ2v) is 15.4. The fraction of sp³-hybridized carbons (Fsp3) is 0.400. The van der Waals surface area contributed by atoms with Crippen molar-refractivity contribution in [1.82, 2.24) is 24.8 Å². The van der Waals surface area contributed by atoms with Crippen molar-refractivity contribution in [1.29, 1.82) is 5.26 Å². The highest BCUT2D eigenvalue weighted by atomic mass is 35.5. The lowest BCUT2D eigenvalue weighted by molar-refractivity contribution is -0.133. The third-order valence-electron chi connectivity index (χ3n) is 11.5. The number of methoxy groups -OCH3 is 1. The number of halogens is 3. The van der Waals surface area contributed by atoms with Gasteiger partial charge < -0.3 is 24.3 Å². The highest BCUT2D eigenvalue weighted by Gasteiger charge is 2.51. The summed E-state index contributed by atoms with van der Waals surface area (Å²) < 4.78 is 31.3. The molecule has 52 heavy (non-hydrogen) atoms. The zero-order valence-corrected chi connectivity index (χ0v) is 30.3. The number of hydrogen-bond acceptors (Lipinski definition) is 7. The minimum Gasteiger partial charge on any atom is -0.487 e. The number of carbonyl (C=O) groups is 1. The Kier molecular flexibility index (Phi) is 8.29. The molecule has 2 saturated carbocycles. The summed E-state index contributed by atoms with van der Waals surface area (Å²) in [6.45, 7) is 3.28. The second kappa shape index (κ2) is 12.9. The van der Waals surface area contributed by atoms with Crippen molar-refractivity contribution in [2.24, 2.45) is 11.8 Å². The number of amides is 1. The molecule has 5 aliphatic rings. The average molecular weight is 740 g/mol. The van der Waals surface area contributed by atoms with Crippen LogP contribution in [0.1, 0.15) is 61.1 Å². The van der Waals surface area contributed by atoms with Crippen LogP contribution in [0.5, 0.6) is 11.6 Å². The number of likely N-dealkylation sites (tertiary alicyclic amines) is 1. The SMILES string of the molecule is COc1ccc(OC2CC(c3cc4c(C)nc5c(F)c(-c6cccc(Cl)c6Cl)c(CCC#N)cc5c4n3C3C4CNC3C4)N(C(=O)C3CC3)C2)cn1. The van der Waals surface area contributed by atoms with Crippen molar-refractivity contribution in [3.63, 3.8) is 0 Å². The molecule has 12 heteroatoms. The molecule has 2 aliphatic carbocycles. The highest BCUT2D eigenvalue weighted by Crippen LogP contribution is 2.51. The fourth-order valence-electron chi connectivity index (χ4n) is 8.82. The van der Waals surface area contributed by atoms with Crippen molar-refractivity contribution in [2.75, 3.05) is 20.2 Å². The Morgan fingerprint density at radius 2 is 2.00 bits per heavy atom. The number of nitrogens with zero attached hydrogens (tertiary/aromatic N) is 5. The molecule has 266 valence electrons. The molecule has 1 N–H and O–H groups in total. The molecule has 3 aliphatic heterocycles. The van der Waals surface area contributed by atoms with Gasteiger partial charge in [-0.15, -0.1) is 0 Å². The molecule has 3 aromatic heterocycles. The molecule has 0 spiro atoms. The van der Waals surface area contributed by atoms with E-state index in [4.69, 9.17) is 37.7 Å². The molecule has 2 bridgehead atoms. The van der Waals surface area contributed by atoms with Crippen molar-refractivity contribution in [3.05, 3.63) is 81.5 Å². The minimum absolute atomic E-state index is 0.0287. The fourth-order valence-corrected chi connectivity index (χ4v) is 9.21. The van der Waals surface area contributed by atoms with E-state index < -0.39 is 5.82 Å². The van der Waals surface area contributed by atoms with Gasteiger partial charge in [0.2, 0.25) is 11.8 Å². The molecule has 6 heterocycles. The third kappa shape index (κ3) is 5.39. The number of ether oxygens (including phenoxy) is 2. The van der Waals surface area contributed by atoms with Crippen molar-refractivity contribution in [2.45, 2.75) is 69.7 Å². The van der Waals surface area contributed by atoms with Crippen LogP contribution in [-0.4, -0.2) is 57.7 Å². The minimum atomic E-state index is -0.489. The van der Waals surface area contributed by atoms with E-state index in [-0.39, 0.29) is 53.0 Å². The van der Waals surface area contributed by atoms with E-state index in [0.29, 0.717) is 69.7 Å². The van der Waals surface area contributed by atoms with Crippen molar-refractivity contribution >= 4 is 50.9 Å². The Labute approximate surface area is 310 Å². The Morgan fingerprint density at radius 1 is 1.15 bits per heavy atom. The van der Waals surface area contributed by atoms with Gasteiger partial charge in [0.05, 0.1) is 53.6 Å². The van der Waals surface area contributed by atoms with Crippen LogP contribution < -0.4 is 14.8 Å². The summed E-state index contributed by atoms with van der Waals surface area (Å²) in [7, 11) is 1.57. The van der Waals surface area contributed by atoms with Crippen molar-refractivity contribution < 1.29 is 18.7 Å². The number of aromatic nitrogens is 3. The Morgan fingerprint density at radius 3 is 2.69 bits per heavy atom. The Hall–Kier alpha value is -4.43. The lowest BCUT2D eigenvalue weighted by atomic mass is 9.79. The Bertz CT molecular complexity index is 2290. The summed E-state index contributed by atoms with van der Waals surface area (Å²) in [4.78, 5) is 25.2. The van der Waals surface area contributed by atoms with Gasteiger partial charge in [0.15, 0.2) is 5.82 Å². The lowest BCUT2D eigenvalue weighted by Crippen LogP contribution is -2.41. The van der Waals surface area contributed by atoms with Crippen LogP contribution in [0.15, 0.2) is 48.7 Å². The van der Waals surface area contributed by atoms with E-state index in [1.165, 1.54) is 0 Å². The van der Waals surface area contributed by atoms with Gasteiger partial charge in [-0.2, -0.15) is 5.26 Å². The molecule has 5 atom stereocenters. The van der Waals surface area contributed by atoms with E-state index in [2.05, 4.69) is 27.0 Å². The average Bonchev–Trinajstić information content (AvgIpc) is 3.43. The van der Waals surface area contributed by atoms with E-state index in [1.807, 2.05) is 24.0 Å². The van der Waals surface area contributed by atoms with Crippen LogP contribution in [0.4, 0.5) is 4.39 Å². The van der Waals surface area contributed by atoms with Gasteiger partial charge >= 0.3 is 0 Å². The van der Waals surface area contributed by atoms with Gasteiger partial charge in [-0.25, -0.2) is 14.4 Å². The first-order valence-corrected chi connectivity index (χ1v) is 18.7. The van der Waals surface area contributed by atoms with Gasteiger partial charge in [-0.1, -0.05) is 35.3 Å². The van der Waals surface area contributed by atoms with Gasteiger partial charge in [-0.3, -0.25) is 4.79 Å². The van der Waals surface area contributed by atoms with Crippen LogP contribution in [0.25, 0.3) is 32.9 Å². The second-order valence-electron chi connectivity index (χ2n) is 14.6. The van der Waals surface area contributed by atoms with Gasteiger partial charge in [0.25, 0.3) is 0 Å². The van der Waals surface area contributed by atoms with Crippen LogP contribution in [-0.2, 0) is 11.2 Å². The first kappa shape index (κ1) is 33.4. The number of aryl methyl sites for hydroxylation is 2. The standard InChI is InChI=1S/C40H37Cl2FN6O3/c1-20-27-16-32(31-15-25(19-48(31)40(50)21-8-9-21)52-24-10-11-33(51-2)46-18-24)49(38-23-14-30(38)45-17-23)39(27)28-13-22(5-4-12-44)34(36(43)37(28)47-20)26-6-3-7-29(41)35(26)42/h3,6-7,10-11,13,16,18,21,23,25,30-31,38,45H,4-5,8-9,14-15,17,19H2,1-2H3. The number of fused-ring (bicyclic) bond motifs is 4. The summed E-state index contributed by atoms with van der Waals surface area (Å²) in [5.41, 5.74) is 4.32. The van der Waals surface area contributed by atoms with Crippen molar-refractivity contribution in [3.8, 4) is 28.8 Å². The Balaban J connectivity index is 1.24. The molecule has 0 radical (unpaired) electrons. The maximum atomic E-state index is 17.2. The number of nitrogens with one attached hydrogen (secondary N) is 1. The number of carbonyl (C=O) groups excluding carboxylic acids is 1. The smallest absolute Gasteiger partial charge is 0.226 e. The summed E-state index contributed by atoms with van der Waals surface area (Å²) in [6.07, 6.45) is 5.38. The molecule has 2 aromatic carbocycles. The monoisotopic (exact) mass is 738 g/mol. The zero-order chi connectivity index (χ0) is 35.8. The van der Waals surface area contributed by atoms with E-state index >= 15 is 4.39 Å². The largest absolute Gasteiger partial charge is 0.487 e. The molecule has 5 aromatic rings. The molecular weight excluding hydrogens is 702 g/mol. The van der Waals surface area contributed by atoms with E-state index in [0.717, 1.165) is 42.4 Å². The molecule has 10 rings (SSSR count). The predicted octanol–water partition coefficient (Wildman–Crippen LogP) is 8.13. The summed E-state index contributed by atoms with van der Waals surface area (Å²) in [5, 5.41) is 15.5. The van der Waals surface area contributed by atoms with E-state index in [9.17, 15) is 10.1 Å². The first-order chi connectivity index (χ1) is 25.2. The molecular formula is C40H37Cl2FN6O3. The van der Waals surface area contributed by atoms with Gasteiger partial charge in [0, 0.05) is 70.7 Å². The van der Waals surface area contributed by atoms with Crippen LogP contribution in [0.3, 0.4) is 0 Å². The summed E-state index contributed by atoms with van der Waals surface area (Å²) >= 11 is 13.1. The number of hydrogen-bond donors (Lipinski definition) is 1. The first-order valence-electron chi connectivity index (χ1n) is 17.9. The quantitative estimate of drug-likeness (QED) is 0.163. The van der Waals surface area contributed by atoms with Crippen LogP contribution in [0.2, 0.25) is 10.0 Å². The maximum Gasteiger partial charge on any atom is 0.226 e. The predicted molar refractivity (Wildman–Crippen MR) is 197 cm³/mol. The lowest BCUT2D eigenvalue weighted by Gasteiger charge is -2.39. The zero-order valence-electron chi connectivity index (χ0n) is 28.8. The maximum absolute atomic E-state index is 17.2. The van der Waals surface area contributed by atoms with E-state index in [1.54, 1.807) is 37.6 Å². The van der Waals surface area contributed by atoms with Crippen LogP contribution in [0, 0.1) is 35.9 Å². The van der Waals surface area contributed by atoms with Crippen LogP contribution >= 0.6 is 23.2 Å². The molecule has 3 saturated heterocycles. The molecule has 9 nitrogen and oxygen atoms in total. The topological polar surface area (TPSA) is 105 Å².